The Morgan fingerprint density at radius 3 is 1.90 bits per heavy atom. The van der Waals surface area contributed by atoms with Crippen LogP contribution in [0.25, 0.3) is 83.5 Å². The number of furan rings is 1. The quantitative estimate of drug-likeness (QED) is 0.194. The number of aromatic nitrogens is 2. The second-order valence-electron chi connectivity index (χ2n) is 13.6. The van der Waals surface area contributed by atoms with Gasteiger partial charge in [0, 0.05) is 44.6 Å². The number of imidazole rings is 1. The molecule has 3 heterocycles. The van der Waals surface area contributed by atoms with E-state index in [-0.39, 0.29) is 5.41 Å². The highest BCUT2D eigenvalue weighted by Crippen LogP contribution is 2.50. The molecule has 0 amide bonds. The average molecular weight is 629 g/mol. The summed E-state index contributed by atoms with van der Waals surface area (Å²) in [6.07, 6.45) is 2.09. The maximum Gasteiger partial charge on any atom is 0.143 e. The smallest absolute Gasteiger partial charge is 0.143 e. The first kappa shape index (κ1) is 27.9. The molecule has 49 heavy (non-hydrogen) atoms. The van der Waals surface area contributed by atoms with Crippen LogP contribution in [0.15, 0.2) is 162 Å². The number of benzene rings is 6. The highest BCUT2D eigenvalue weighted by atomic mass is 16.3. The summed E-state index contributed by atoms with van der Waals surface area (Å²) < 4.78 is 9.10. The third kappa shape index (κ3) is 4.12. The Morgan fingerprint density at radius 2 is 1.10 bits per heavy atom. The molecule has 0 spiro atoms. The van der Waals surface area contributed by atoms with Crippen molar-refractivity contribution in [3.63, 3.8) is 0 Å². The minimum atomic E-state index is -0.0663. The van der Waals surface area contributed by atoms with E-state index >= 15 is 0 Å². The van der Waals surface area contributed by atoms with E-state index < -0.39 is 0 Å². The Labute approximate surface area is 284 Å². The van der Waals surface area contributed by atoms with Crippen LogP contribution in [-0.2, 0) is 5.41 Å². The van der Waals surface area contributed by atoms with Crippen LogP contribution < -0.4 is 0 Å². The topological polar surface area (TPSA) is 30.4 Å². The second-order valence-corrected chi connectivity index (χ2v) is 13.6. The van der Waals surface area contributed by atoms with Crippen LogP contribution in [0.1, 0.15) is 25.0 Å². The summed E-state index contributed by atoms with van der Waals surface area (Å²) in [6, 6.07) is 54.1. The molecule has 6 aromatic carbocycles. The summed E-state index contributed by atoms with van der Waals surface area (Å²) in [4.78, 5) is 5.12. The predicted molar refractivity (Wildman–Crippen MR) is 202 cm³/mol. The minimum Gasteiger partial charge on any atom is -0.455 e. The van der Waals surface area contributed by atoms with Crippen molar-refractivity contribution in [2.24, 2.45) is 0 Å². The molecule has 3 heteroatoms. The SMILES string of the molecule is CC1(C)c2ccccc2-c2ccc(-c3cccc4c3oc3c(-c5cccc(-c6nc7ccccn7c6-c6ccccc6)c5)cccc34)cc21. The lowest BCUT2D eigenvalue weighted by Crippen LogP contribution is -2.14. The van der Waals surface area contributed by atoms with Gasteiger partial charge in [-0.25, -0.2) is 4.98 Å². The highest BCUT2D eigenvalue weighted by Gasteiger charge is 2.35. The summed E-state index contributed by atoms with van der Waals surface area (Å²) in [5.41, 5.74) is 16.8. The molecule has 10 rings (SSSR count). The van der Waals surface area contributed by atoms with E-state index in [1.165, 1.54) is 27.8 Å². The van der Waals surface area contributed by atoms with E-state index in [4.69, 9.17) is 9.40 Å². The van der Waals surface area contributed by atoms with Crippen molar-refractivity contribution < 1.29 is 4.42 Å². The monoisotopic (exact) mass is 628 g/mol. The van der Waals surface area contributed by atoms with Crippen LogP contribution >= 0.6 is 0 Å². The molecule has 3 aromatic heterocycles. The predicted octanol–water partition coefficient (Wildman–Crippen LogP) is 12.2. The van der Waals surface area contributed by atoms with Gasteiger partial charge in [-0.2, -0.15) is 0 Å². The fourth-order valence-corrected chi connectivity index (χ4v) is 8.05. The Hall–Kier alpha value is -6.19. The third-order valence-electron chi connectivity index (χ3n) is 10.4. The molecular formula is C46H32N2O. The number of fused-ring (bicyclic) bond motifs is 7. The zero-order valence-electron chi connectivity index (χ0n) is 27.3. The fourth-order valence-electron chi connectivity index (χ4n) is 8.05. The number of nitrogens with zero attached hydrogens (tertiary/aromatic N) is 2. The molecule has 0 bridgehead atoms. The van der Waals surface area contributed by atoms with Crippen molar-refractivity contribution in [2.45, 2.75) is 19.3 Å². The van der Waals surface area contributed by atoms with Gasteiger partial charge in [0.15, 0.2) is 0 Å². The van der Waals surface area contributed by atoms with E-state index in [9.17, 15) is 0 Å². The summed E-state index contributed by atoms with van der Waals surface area (Å²) in [7, 11) is 0. The van der Waals surface area contributed by atoms with E-state index in [0.717, 1.165) is 66.8 Å². The first-order valence-electron chi connectivity index (χ1n) is 16.9. The molecule has 1 aliphatic rings. The van der Waals surface area contributed by atoms with Crippen LogP contribution in [0, 0.1) is 0 Å². The Balaban J connectivity index is 1.12. The van der Waals surface area contributed by atoms with Crippen molar-refractivity contribution in [1.29, 1.82) is 0 Å². The van der Waals surface area contributed by atoms with Crippen LogP contribution in [0.4, 0.5) is 0 Å². The van der Waals surface area contributed by atoms with Crippen molar-refractivity contribution in [3.8, 4) is 55.9 Å². The maximum atomic E-state index is 6.92. The molecule has 1 aliphatic carbocycles. The molecule has 0 atom stereocenters. The van der Waals surface area contributed by atoms with Crippen molar-refractivity contribution in [1.82, 2.24) is 9.38 Å². The van der Waals surface area contributed by atoms with Crippen LogP contribution in [0.5, 0.6) is 0 Å². The van der Waals surface area contributed by atoms with Gasteiger partial charge in [-0.1, -0.05) is 141 Å². The fraction of sp³-hybridized carbons (Fsp3) is 0.0652. The van der Waals surface area contributed by atoms with Gasteiger partial charge in [0.1, 0.15) is 16.8 Å². The molecular weight excluding hydrogens is 597 g/mol. The normalized spacial score (nSPS) is 13.3. The van der Waals surface area contributed by atoms with Gasteiger partial charge in [0.05, 0.1) is 11.4 Å². The molecule has 0 saturated carbocycles. The van der Waals surface area contributed by atoms with Gasteiger partial charge < -0.3 is 4.42 Å². The van der Waals surface area contributed by atoms with Crippen LogP contribution in [0.3, 0.4) is 0 Å². The number of pyridine rings is 1. The minimum absolute atomic E-state index is 0.0663. The summed E-state index contributed by atoms with van der Waals surface area (Å²) in [5.74, 6) is 0. The number of rotatable bonds is 4. The van der Waals surface area contributed by atoms with Crippen molar-refractivity contribution in [3.05, 3.63) is 169 Å². The average Bonchev–Trinajstić information content (AvgIpc) is 3.80. The molecule has 0 saturated heterocycles. The Bertz CT molecular complexity index is 2750. The molecule has 9 aromatic rings. The van der Waals surface area contributed by atoms with E-state index in [1.54, 1.807) is 0 Å². The van der Waals surface area contributed by atoms with Crippen molar-refractivity contribution >= 4 is 27.6 Å². The van der Waals surface area contributed by atoms with Gasteiger partial charge >= 0.3 is 0 Å². The molecule has 0 radical (unpaired) electrons. The lowest BCUT2D eigenvalue weighted by atomic mass is 9.81. The summed E-state index contributed by atoms with van der Waals surface area (Å²) in [6.45, 7) is 4.66. The Kier molecular flexibility index (Phi) is 5.92. The molecule has 0 N–H and O–H groups in total. The first-order chi connectivity index (χ1) is 24.1. The number of hydrogen-bond donors (Lipinski definition) is 0. The van der Waals surface area contributed by atoms with E-state index in [1.807, 2.05) is 6.07 Å². The molecule has 0 aliphatic heterocycles. The molecule has 0 fully saturated rings. The lowest BCUT2D eigenvalue weighted by Gasteiger charge is -2.22. The highest BCUT2D eigenvalue weighted by molar-refractivity contribution is 6.13. The third-order valence-corrected chi connectivity index (χ3v) is 10.4. The van der Waals surface area contributed by atoms with Gasteiger partial charge in [-0.15, -0.1) is 0 Å². The van der Waals surface area contributed by atoms with Crippen LogP contribution in [-0.4, -0.2) is 9.38 Å². The standard InChI is InChI=1S/C46H32N2O/c1-46(2)39-22-7-6-17-35(39)36-25-24-31(28-40(36)46)34-19-12-21-38-37-20-11-18-33(44(37)49-45(34)38)30-15-10-16-32(27-30)42-43(29-13-4-3-5-14-29)48-26-9-8-23-41(48)47-42/h3-28H,1-2H3. The van der Waals surface area contributed by atoms with Gasteiger partial charge in [-0.05, 0) is 57.6 Å². The summed E-state index contributed by atoms with van der Waals surface area (Å²) in [5, 5.41) is 2.24. The van der Waals surface area contributed by atoms with Crippen LogP contribution in [0.2, 0.25) is 0 Å². The Morgan fingerprint density at radius 1 is 0.490 bits per heavy atom. The molecule has 3 nitrogen and oxygen atoms in total. The zero-order chi connectivity index (χ0) is 32.7. The molecule has 0 unspecified atom stereocenters. The van der Waals surface area contributed by atoms with E-state index in [2.05, 4.69) is 170 Å². The van der Waals surface area contributed by atoms with Gasteiger partial charge in [0.2, 0.25) is 0 Å². The first-order valence-corrected chi connectivity index (χ1v) is 16.9. The van der Waals surface area contributed by atoms with Gasteiger partial charge in [0.25, 0.3) is 0 Å². The van der Waals surface area contributed by atoms with E-state index in [0.29, 0.717) is 0 Å². The zero-order valence-corrected chi connectivity index (χ0v) is 27.3. The summed E-state index contributed by atoms with van der Waals surface area (Å²) >= 11 is 0. The number of hydrogen-bond acceptors (Lipinski definition) is 2. The number of para-hydroxylation sites is 2. The second kappa shape index (κ2) is 10.4. The lowest BCUT2D eigenvalue weighted by molar-refractivity contribution is 0.660. The van der Waals surface area contributed by atoms with Gasteiger partial charge in [-0.3, -0.25) is 4.40 Å². The maximum absolute atomic E-state index is 6.92. The van der Waals surface area contributed by atoms with Crippen molar-refractivity contribution in [2.75, 3.05) is 0 Å². The largest absolute Gasteiger partial charge is 0.455 e. The molecule has 232 valence electrons.